The average molecular weight is 245 g/mol. The minimum Gasteiger partial charge on any atom is -0.372 e. The third kappa shape index (κ3) is 3.07. The number of anilines is 1. The van der Waals surface area contributed by atoms with Crippen LogP contribution >= 0.6 is 0 Å². The van der Waals surface area contributed by atoms with Crippen molar-refractivity contribution < 1.29 is 0 Å². The van der Waals surface area contributed by atoms with Crippen LogP contribution in [0.4, 0.5) is 5.69 Å². The van der Waals surface area contributed by atoms with Crippen LogP contribution in [0.25, 0.3) is 0 Å². The molecule has 1 saturated carbocycles. The van der Waals surface area contributed by atoms with E-state index < -0.39 is 0 Å². The quantitative estimate of drug-likeness (QED) is 0.742. The van der Waals surface area contributed by atoms with Gasteiger partial charge in [0.05, 0.1) is 0 Å². The molecule has 1 aliphatic rings. The van der Waals surface area contributed by atoms with Gasteiger partial charge in [-0.25, -0.2) is 0 Å². The van der Waals surface area contributed by atoms with Crippen LogP contribution in [-0.2, 0) is 6.42 Å². The van der Waals surface area contributed by atoms with Gasteiger partial charge in [-0.05, 0) is 49.4 Å². The van der Waals surface area contributed by atoms with Crippen molar-refractivity contribution in [2.75, 3.05) is 11.9 Å². The lowest BCUT2D eigenvalue weighted by Crippen LogP contribution is -2.33. The molecule has 2 rings (SSSR count). The summed E-state index contributed by atoms with van der Waals surface area (Å²) >= 11 is 0. The highest BCUT2D eigenvalue weighted by Gasteiger charge is 2.18. The van der Waals surface area contributed by atoms with E-state index in [0.29, 0.717) is 0 Å². The fraction of sp³-hybridized carbons (Fsp3) is 0.647. The lowest BCUT2D eigenvalue weighted by atomic mass is 9.94. The first-order valence-electron chi connectivity index (χ1n) is 7.54. The number of aryl methyl sites for hydroxylation is 2. The minimum atomic E-state index is 0.759. The number of benzene rings is 1. The van der Waals surface area contributed by atoms with Crippen LogP contribution in [0.1, 0.15) is 56.6 Å². The lowest BCUT2D eigenvalue weighted by molar-refractivity contribution is 0.427. The second-order valence-corrected chi connectivity index (χ2v) is 5.76. The van der Waals surface area contributed by atoms with Gasteiger partial charge in [0.1, 0.15) is 0 Å². The first-order chi connectivity index (χ1) is 8.72. The van der Waals surface area contributed by atoms with Gasteiger partial charge >= 0.3 is 0 Å². The van der Waals surface area contributed by atoms with Crippen LogP contribution in [0.15, 0.2) is 18.2 Å². The molecule has 0 N–H and O–H groups in total. The molecule has 1 fully saturated rings. The average Bonchev–Trinajstić information content (AvgIpc) is 2.41. The predicted octanol–water partition coefficient (Wildman–Crippen LogP) is 4.72. The highest BCUT2D eigenvalue weighted by atomic mass is 15.1. The standard InChI is InChI=1S/C17H27N/c1-4-8-15-11-12-17(13-14(15)2)18(3)16-9-6-5-7-10-16/h11-13,16H,4-10H2,1-3H3. The molecule has 1 nitrogen and oxygen atoms in total. The van der Waals surface area contributed by atoms with Crippen LogP contribution in [-0.4, -0.2) is 13.1 Å². The molecular formula is C17H27N. The van der Waals surface area contributed by atoms with Gasteiger partial charge < -0.3 is 4.90 Å². The van der Waals surface area contributed by atoms with Gasteiger partial charge in [0.2, 0.25) is 0 Å². The van der Waals surface area contributed by atoms with E-state index >= 15 is 0 Å². The summed E-state index contributed by atoms with van der Waals surface area (Å²) in [6.45, 7) is 4.50. The van der Waals surface area contributed by atoms with E-state index in [2.05, 4.69) is 44.0 Å². The first kappa shape index (κ1) is 13.5. The Morgan fingerprint density at radius 2 is 1.89 bits per heavy atom. The number of hydrogen-bond donors (Lipinski definition) is 0. The smallest absolute Gasteiger partial charge is 0.0368 e. The molecule has 0 heterocycles. The van der Waals surface area contributed by atoms with Crippen LogP contribution < -0.4 is 4.90 Å². The lowest BCUT2D eigenvalue weighted by Gasteiger charge is -2.33. The van der Waals surface area contributed by atoms with Crippen LogP contribution in [0.3, 0.4) is 0 Å². The zero-order chi connectivity index (χ0) is 13.0. The molecule has 0 unspecified atom stereocenters. The van der Waals surface area contributed by atoms with Crippen LogP contribution in [0.2, 0.25) is 0 Å². The van der Waals surface area contributed by atoms with Crippen molar-refractivity contribution in [3.63, 3.8) is 0 Å². The van der Waals surface area contributed by atoms with Gasteiger partial charge in [0, 0.05) is 18.8 Å². The largest absolute Gasteiger partial charge is 0.372 e. The first-order valence-corrected chi connectivity index (χ1v) is 7.54. The summed E-state index contributed by atoms with van der Waals surface area (Å²) in [7, 11) is 2.27. The summed E-state index contributed by atoms with van der Waals surface area (Å²) in [6.07, 6.45) is 9.42. The van der Waals surface area contributed by atoms with Gasteiger partial charge in [-0.2, -0.15) is 0 Å². The minimum absolute atomic E-state index is 0.759. The molecule has 0 aliphatic heterocycles. The summed E-state index contributed by atoms with van der Waals surface area (Å²) in [6, 6.07) is 7.77. The zero-order valence-electron chi connectivity index (χ0n) is 12.2. The maximum absolute atomic E-state index is 2.50. The monoisotopic (exact) mass is 245 g/mol. The Hall–Kier alpha value is -0.980. The topological polar surface area (TPSA) is 3.24 Å². The van der Waals surface area contributed by atoms with Crippen molar-refractivity contribution in [3.05, 3.63) is 29.3 Å². The molecule has 0 saturated heterocycles. The van der Waals surface area contributed by atoms with Crippen molar-refractivity contribution in [2.24, 2.45) is 0 Å². The Bertz CT molecular complexity index is 377. The fourth-order valence-electron chi connectivity index (χ4n) is 3.13. The highest BCUT2D eigenvalue weighted by molar-refractivity contribution is 5.51. The zero-order valence-corrected chi connectivity index (χ0v) is 12.2. The number of rotatable bonds is 4. The van der Waals surface area contributed by atoms with Gasteiger partial charge in [-0.15, -0.1) is 0 Å². The molecule has 1 aromatic carbocycles. The maximum atomic E-state index is 2.50. The van der Waals surface area contributed by atoms with Gasteiger partial charge in [0.15, 0.2) is 0 Å². The summed E-state index contributed by atoms with van der Waals surface area (Å²) < 4.78 is 0. The summed E-state index contributed by atoms with van der Waals surface area (Å²) in [5.41, 5.74) is 4.37. The van der Waals surface area contributed by atoms with Crippen molar-refractivity contribution in [1.29, 1.82) is 0 Å². The van der Waals surface area contributed by atoms with Crippen molar-refractivity contribution in [2.45, 2.75) is 64.8 Å². The van der Waals surface area contributed by atoms with Crippen molar-refractivity contribution in [1.82, 2.24) is 0 Å². The third-order valence-corrected chi connectivity index (χ3v) is 4.38. The van der Waals surface area contributed by atoms with Gasteiger partial charge in [-0.3, -0.25) is 0 Å². The summed E-state index contributed by atoms with van der Waals surface area (Å²) in [5, 5.41) is 0. The molecule has 1 aromatic rings. The molecule has 1 aliphatic carbocycles. The normalized spacial score (nSPS) is 16.8. The number of nitrogens with zero attached hydrogens (tertiary/aromatic N) is 1. The SMILES string of the molecule is CCCc1ccc(N(C)C2CCCCC2)cc1C. The second-order valence-electron chi connectivity index (χ2n) is 5.76. The van der Waals surface area contributed by atoms with E-state index in [1.165, 1.54) is 61.8 Å². The molecule has 0 bridgehead atoms. The molecule has 100 valence electrons. The highest BCUT2D eigenvalue weighted by Crippen LogP contribution is 2.27. The van der Waals surface area contributed by atoms with E-state index in [9.17, 15) is 0 Å². The van der Waals surface area contributed by atoms with Gasteiger partial charge in [-0.1, -0.05) is 38.7 Å². The Morgan fingerprint density at radius 3 is 2.50 bits per heavy atom. The van der Waals surface area contributed by atoms with E-state index in [1.54, 1.807) is 0 Å². The maximum Gasteiger partial charge on any atom is 0.0368 e. The van der Waals surface area contributed by atoms with E-state index in [4.69, 9.17) is 0 Å². The Balaban J connectivity index is 2.10. The fourth-order valence-corrected chi connectivity index (χ4v) is 3.13. The summed E-state index contributed by atoms with van der Waals surface area (Å²) in [4.78, 5) is 2.50. The molecule has 18 heavy (non-hydrogen) atoms. The Labute approximate surface area is 112 Å². The Kier molecular flexibility index (Phi) is 4.68. The molecule has 0 radical (unpaired) electrons. The molecule has 1 heteroatoms. The van der Waals surface area contributed by atoms with Crippen molar-refractivity contribution in [3.8, 4) is 0 Å². The molecule has 0 spiro atoms. The van der Waals surface area contributed by atoms with Crippen molar-refractivity contribution >= 4 is 5.69 Å². The number of hydrogen-bond acceptors (Lipinski definition) is 1. The third-order valence-electron chi connectivity index (χ3n) is 4.38. The van der Waals surface area contributed by atoms with Gasteiger partial charge in [0.25, 0.3) is 0 Å². The molecular weight excluding hydrogens is 218 g/mol. The Morgan fingerprint density at radius 1 is 1.17 bits per heavy atom. The predicted molar refractivity (Wildman–Crippen MR) is 80.5 cm³/mol. The van der Waals surface area contributed by atoms with Crippen LogP contribution in [0, 0.1) is 6.92 Å². The van der Waals surface area contributed by atoms with E-state index in [0.717, 1.165) is 6.04 Å². The second kappa shape index (κ2) is 6.26. The van der Waals surface area contributed by atoms with Crippen LogP contribution in [0.5, 0.6) is 0 Å². The molecule has 0 atom stereocenters. The van der Waals surface area contributed by atoms with E-state index in [-0.39, 0.29) is 0 Å². The van der Waals surface area contributed by atoms with E-state index in [1.807, 2.05) is 0 Å². The molecule has 0 amide bonds. The molecule has 0 aromatic heterocycles. The summed E-state index contributed by atoms with van der Waals surface area (Å²) in [5.74, 6) is 0.